The maximum atomic E-state index is 9.96. The molecule has 0 saturated carbocycles. The molecule has 1 atom stereocenters. The highest BCUT2D eigenvalue weighted by atomic mass is 16.3. The summed E-state index contributed by atoms with van der Waals surface area (Å²) in [6.45, 7) is 10.5. The molecule has 0 saturated heterocycles. The molecule has 0 bridgehead atoms. The predicted octanol–water partition coefficient (Wildman–Crippen LogP) is 3.06. The summed E-state index contributed by atoms with van der Waals surface area (Å²) in [6, 6.07) is 0. The third-order valence-corrected chi connectivity index (χ3v) is 2.37. The molecular weight excluding hydrogens is 160 g/mol. The van der Waals surface area contributed by atoms with Gasteiger partial charge in [0.05, 0.1) is 5.60 Å². The van der Waals surface area contributed by atoms with Crippen molar-refractivity contribution in [2.75, 3.05) is 0 Å². The highest BCUT2D eigenvalue weighted by molar-refractivity contribution is 5.35. The lowest BCUT2D eigenvalue weighted by atomic mass is 9.78. The minimum Gasteiger partial charge on any atom is -0.386 e. The van der Waals surface area contributed by atoms with Gasteiger partial charge < -0.3 is 5.11 Å². The average Bonchev–Trinajstić information content (AvgIpc) is 1.79. The van der Waals surface area contributed by atoms with E-state index in [1.807, 2.05) is 13.0 Å². The topological polar surface area (TPSA) is 20.2 Å². The van der Waals surface area contributed by atoms with E-state index in [4.69, 9.17) is 0 Å². The van der Waals surface area contributed by atoms with Crippen molar-refractivity contribution in [3.63, 3.8) is 0 Å². The van der Waals surface area contributed by atoms with E-state index < -0.39 is 5.60 Å². The second-order valence-electron chi connectivity index (χ2n) is 5.37. The summed E-state index contributed by atoms with van der Waals surface area (Å²) in [5, 5.41) is 9.96. The van der Waals surface area contributed by atoms with E-state index in [1.165, 1.54) is 11.1 Å². The Morgan fingerprint density at radius 3 is 2.31 bits per heavy atom. The number of allylic oxidation sites excluding steroid dienone is 2. The first-order valence-electron chi connectivity index (χ1n) is 4.84. The van der Waals surface area contributed by atoms with E-state index in [1.54, 1.807) is 0 Å². The maximum absolute atomic E-state index is 9.96. The van der Waals surface area contributed by atoms with Gasteiger partial charge in [0.1, 0.15) is 0 Å². The van der Waals surface area contributed by atoms with Crippen LogP contribution in [0.3, 0.4) is 0 Å². The van der Waals surface area contributed by atoms with Crippen LogP contribution in [-0.4, -0.2) is 10.7 Å². The molecule has 0 aliphatic heterocycles. The molecule has 1 rings (SSSR count). The highest BCUT2D eigenvalue weighted by Gasteiger charge is 2.26. The van der Waals surface area contributed by atoms with Crippen molar-refractivity contribution in [3.05, 3.63) is 23.3 Å². The summed E-state index contributed by atoms with van der Waals surface area (Å²) < 4.78 is 0. The van der Waals surface area contributed by atoms with Gasteiger partial charge in [-0.3, -0.25) is 0 Å². The van der Waals surface area contributed by atoms with E-state index in [0.717, 1.165) is 6.42 Å². The molecule has 1 unspecified atom stereocenters. The van der Waals surface area contributed by atoms with E-state index in [-0.39, 0.29) is 5.41 Å². The summed E-state index contributed by atoms with van der Waals surface area (Å²) in [7, 11) is 0. The smallest absolute Gasteiger partial charge is 0.0842 e. The molecule has 74 valence electrons. The first-order valence-corrected chi connectivity index (χ1v) is 4.84. The van der Waals surface area contributed by atoms with Crippen LogP contribution >= 0.6 is 0 Å². The Kier molecular flexibility index (Phi) is 2.42. The Bertz CT molecular complexity index is 261. The molecule has 0 radical (unpaired) electrons. The Hall–Kier alpha value is -0.560. The molecule has 0 spiro atoms. The predicted molar refractivity (Wildman–Crippen MR) is 56.5 cm³/mol. The van der Waals surface area contributed by atoms with Crippen LogP contribution in [-0.2, 0) is 0 Å². The van der Waals surface area contributed by atoms with Crippen molar-refractivity contribution in [2.45, 2.75) is 46.6 Å². The van der Waals surface area contributed by atoms with Crippen LogP contribution in [0, 0.1) is 5.41 Å². The van der Waals surface area contributed by atoms with Gasteiger partial charge in [0.25, 0.3) is 0 Å². The minimum atomic E-state index is -0.651. The van der Waals surface area contributed by atoms with E-state index >= 15 is 0 Å². The fourth-order valence-corrected chi connectivity index (χ4v) is 1.74. The molecular formula is C12H20O. The van der Waals surface area contributed by atoms with Gasteiger partial charge in [-0.05, 0) is 30.9 Å². The monoisotopic (exact) mass is 180 g/mol. The molecule has 0 heterocycles. The van der Waals surface area contributed by atoms with Crippen LogP contribution in [0.25, 0.3) is 0 Å². The molecule has 1 N–H and O–H groups in total. The van der Waals surface area contributed by atoms with Crippen LogP contribution in [0.2, 0.25) is 0 Å². The summed E-state index contributed by atoms with van der Waals surface area (Å²) >= 11 is 0. The van der Waals surface area contributed by atoms with Crippen molar-refractivity contribution in [3.8, 4) is 0 Å². The Morgan fingerprint density at radius 1 is 1.38 bits per heavy atom. The van der Waals surface area contributed by atoms with E-state index in [2.05, 4.69) is 33.8 Å². The van der Waals surface area contributed by atoms with Crippen molar-refractivity contribution in [2.24, 2.45) is 5.41 Å². The number of rotatable bonds is 0. The molecule has 0 aromatic carbocycles. The summed E-state index contributed by atoms with van der Waals surface area (Å²) in [6.07, 6.45) is 4.94. The van der Waals surface area contributed by atoms with Gasteiger partial charge in [0.2, 0.25) is 0 Å². The molecule has 1 heteroatoms. The standard InChI is InChI=1S/C12H20O/c1-9-6-10(11(2,3)4)8-12(5,13)7-9/h6,8,13H,7H2,1-5H3. The zero-order chi connectivity index (χ0) is 10.3. The van der Waals surface area contributed by atoms with Gasteiger partial charge in [0.15, 0.2) is 0 Å². The molecule has 1 aliphatic rings. The van der Waals surface area contributed by atoms with Crippen molar-refractivity contribution < 1.29 is 5.11 Å². The average molecular weight is 180 g/mol. The van der Waals surface area contributed by atoms with Gasteiger partial charge in [-0.1, -0.05) is 32.4 Å². The minimum absolute atomic E-state index is 0.131. The fourth-order valence-electron chi connectivity index (χ4n) is 1.74. The lowest BCUT2D eigenvalue weighted by Crippen LogP contribution is -2.27. The molecule has 0 amide bonds. The van der Waals surface area contributed by atoms with Gasteiger partial charge in [-0.2, -0.15) is 0 Å². The van der Waals surface area contributed by atoms with Crippen molar-refractivity contribution >= 4 is 0 Å². The molecule has 0 aromatic heterocycles. The maximum Gasteiger partial charge on any atom is 0.0842 e. The Labute approximate surface area is 81.2 Å². The second-order valence-corrected chi connectivity index (χ2v) is 5.37. The number of aliphatic hydroxyl groups is 1. The SMILES string of the molecule is CC1=CC(C(C)(C)C)=CC(C)(O)C1. The molecule has 1 aliphatic carbocycles. The quantitative estimate of drug-likeness (QED) is 0.607. The first-order chi connectivity index (χ1) is 5.71. The summed E-state index contributed by atoms with van der Waals surface area (Å²) in [5.41, 5.74) is 1.98. The number of hydrogen-bond acceptors (Lipinski definition) is 1. The van der Waals surface area contributed by atoms with Gasteiger partial charge in [-0.25, -0.2) is 0 Å². The van der Waals surface area contributed by atoms with Crippen molar-refractivity contribution in [1.29, 1.82) is 0 Å². The second kappa shape index (κ2) is 2.98. The van der Waals surface area contributed by atoms with Crippen LogP contribution in [0.15, 0.2) is 23.3 Å². The largest absolute Gasteiger partial charge is 0.386 e. The van der Waals surface area contributed by atoms with Gasteiger partial charge in [-0.15, -0.1) is 0 Å². The van der Waals surface area contributed by atoms with Crippen LogP contribution < -0.4 is 0 Å². The Balaban J connectivity index is 3.04. The lowest BCUT2D eigenvalue weighted by Gasteiger charge is -2.31. The molecule has 13 heavy (non-hydrogen) atoms. The third kappa shape index (κ3) is 2.70. The Morgan fingerprint density at radius 2 is 1.92 bits per heavy atom. The normalized spacial score (nSPS) is 29.7. The highest BCUT2D eigenvalue weighted by Crippen LogP contribution is 2.35. The zero-order valence-electron chi connectivity index (χ0n) is 9.31. The van der Waals surface area contributed by atoms with Gasteiger partial charge >= 0.3 is 0 Å². The van der Waals surface area contributed by atoms with E-state index in [0.29, 0.717) is 0 Å². The lowest BCUT2D eigenvalue weighted by molar-refractivity contribution is 0.108. The molecule has 0 aromatic rings. The van der Waals surface area contributed by atoms with Crippen molar-refractivity contribution in [1.82, 2.24) is 0 Å². The summed E-state index contributed by atoms with van der Waals surface area (Å²) in [4.78, 5) is 0. The van der Waals surface area contributed by atoms with Crippen LogP contribution in [0.5, 0.6) is 0 Å². The van der Waals surface area contributed by atoms with Gasteiger partial charge in [0, 0.05) is 6.42 Å². The van der Waals surface area contributed by atoms with Crippen LogP contribution in [0.4, 0.5) is 0 Å². The van der Waals surface area contributed by atoms with E-state index in [9.17, 15) is 5.11 Å². The number of hydrogen-bond donors (Lipinski definition) is 1. The zero-order valence-corrected chi connectivity index (χ0v) is 9.31. The van der Waals surface area contributed by atoms with Crippen LogP contribution in [0.1, 0.15) is 41.0 Å². The summed E-state index contributed by atoms with van der Waals surface area (Å²) in [5.74, 6) is 0. The molecule has 0 fully saturated rings. The molecule has 1 nitrogen and oxygen atoms in total. The first kappa shape index (κ1) is 10.5. The third-order valence-electron chi connectivity index (χ3n) is 2.37. The fraction of sp³-hybridized carbons (Fsp3) is 0.667.